The van der Waals surface area contributed by atoms with Gasteiger partial charge in [-0.2, -0.15) is 0 Å². The molecule has 0 spiro atoms. The highest BCUT2D eigenvalue weighted by molar-refractivity contribution is 5.67. The number of rotatable bonds is 33. The number of alkyl carbamates (subject to hydrolysis) is 1. The summed E-state index contributed by atoms with van der Waals surface area (Å²) in [6, 6.07) is 0.260. The second-order valence-electron chi connectivity index (χ2n) is 12.7. The molecule has 1 amide bonds. The van der Waals surface area contributed by atoms with Gasteiger partial charge >= 0.3 is 6.09 Å². The Balaban J connectivity index is 3.88. The third-order valence-electron chi connectivity index (χ3n) is 8.27. The minimum Gasteiger partial charge on any atom is -0.450 e. The van der Waals surface area contributed by atoms with Gasteiger partial charge in [-0.15, -0.1) is 0 Å². The van der Waals surface area contributed by atoms with Gasteiger partial charge in [0.15, 0.2) is 0 Å². The molecule has 0 aliphatic carbocycles. The SMILES string of the molecule is CCCCC/C=C\C/C=C\CCCCCCCCC(CCCCCCCC/C=C\C/C=C\CCCCC)NC(=O)OCCC. The van der Waals surface area contributed by atoms with Crippen molar-refractivity contribution in [2.45, 2.75) is 200 Å². The van der Waals surface area contributed by atoms with E-state index in [-0.39, 0.29) is 12.1 Å². The summed E-state index contributed by atoms with van der Waals surface area (Å²) >= 11 is 0. The highest BCUT2D eigenvalue weighted by atomic mass is 16.5. The van der Waals surface area contributed by atoms with Crippen LogP contribution in [0.3, 0.4) is 0 Å². The molecule has 3 nitrogen and oxygen atoms in total. The number of allylic oxidation sites excluding steroid dienone is 8. The van der Waals surface area contributed by atoms with Crippen LogP contribution in [0.5, 0.6) is 0 Å². The summed E-state index contributed by atoms with van der Waals surface area (Å²) < 4.78 is 5.32. The first-order chi connectivity index (χ1) is 21.7. The lowest BCUT2D eigenvalue weighted by atomic mass is 10.00. The Bertz CT molecular complexity index is 645. The smallest absolute Gasteiger partial charge is 0.407 e. The molecule has 0 aliphatic rings. The van der Waals surface area contributed by atoms with Crippen LogP contribution in [-0.2, 0) is 4.74 Å². The molecule has 0 aromatic heterocycles. The molecule has 0 radical (unpaired) electrons. The molecule has 0 saturated heterocycles. The van der Waals surface area contributed by atoms with E-state index in [2.05, 4.69) is 67.8 Å². The lowest BCUT2D eigenvalue weighted by Gasteiger charge is -2.18. The number of hydrogen-bond acceptors (Lipinski definition) is 2. The fourth-order valence-corrected chi connectivity index (χ4v) is 5.45. The highest BCUT2D eigenvalue weighted by Gasteiger charge is 2.12. The summed E-state index contributed by atoms with van der Waals surface area (Å²) in [4.78, 5) is 12.2. The van der Waals surface area contributed by atoms with Gasteiger partial charge in [0.05, 0.1) is 6.61 Å². The number of carbonyl (C=O) groups is 1. The summed E-state index contributed by atoms with van der Waals surface area (Å²) in [5, 5.41) is 3.17. The van der Waals surface area contributed by atoms with Gasteiger partial charge in [-0.25, -0.2) is 4.79 Å². The maximum atomic E-state index is 12.2. The molecule has 0 aliphatic heterocycles. The van der Waals surface area contributed by atoms with Crippen LogP contribution >= 0.6 is 0 Å². The third-order valence-corrected chi connectivity index (χ3v) is 8.27. The Morgan fingerprint density at radius 3 is 1.23 bits per heavy atom. The minimum absolute atomic E-state index is 0.225. The Morgan fingerprint density at radius 1 is 0.477 bits per heavy atom. The van der Waals surface area contributed by atoms with E-state index >= 15 is 0 Å². The van der Waals surface area contributed by atoms with E-state index in [0.29, 0.717) is 6.61 Å². The molecule has 3 heteroatoms. The van der Waals surface area contributed by atoms with Crippen LogP contribution in [0.1, 0.15) is 194 Å². The van der Waals surface area contributed by atoms with Crippen LogP contribution in [0, 0.1) is 0 Å². The van der Waals surface area contributed by atoms with Crippen molar-refractivity contribution in [3.63, 3.8) is 0 Å². The largest absolute Gasteiger partial charge is 0.450 e. The number of hydrogen-bond donors (Lipinski definition) is 1. The normalized spacial score (nSPS) is 12.2. The van der Waals surface area contributed by atoms with Crippen LogP contribution in [0.4, 0.5) is 4.79 Å². The second kappa shape index (κ2) is 37.4. The Morgan fingerprint density at radius 2 is 0.841 bits per heavy atom. The fourth-order valence-electron chi connectivity index (χ4n) is 5.45. The maximum Gasteiger partial charge on any atom is 0.407 e. The van der Waals surface area contributed by atoms with E-state index in [1.165, 1.54) is 141 Å². The topological polar surface area (TPSA) is 38.3 Å². The van der Waals surface area contributed by atoms with E-state index in [1.807, 2.05) is 6.92 Å². The van der Waals surface area contributed by atoms with Crippen LogP contribution < -0.4 is 5.32 Å². The molecule has 0 heterocycles. The number of carbonyl (C=O) groups excluding carboxylic acids is 1. The van der Waals surface area contributed by atoms with Crippen molar-refractivity contribution in [2.75, 3.05) is 6.61 Å². The lowest BCUT2D eigenvalue weighted by molar-refractivity contribution is 0.140. The summed E-state index contributed by atoms with van der Waals surface area (Å²) in [6.45, 7) is 7.07. The zero-order chi connectivity index (χ0) is 32.0. The molecule has 0 rings (SSSR count). The van der Waals surface area contributed by atoms with Crippen molar-refractivity contribution >= 4 is 6.09 Å². The molecule has 0 aromatic rings. The molecule has 44 heavy (non-hydrogen) atoms. The van der Waals surface area contributed by atoms with Gasteiger partial charge in [0, 0.05) is 6.04 Å². The Kier molecular flexibility index (Phi) is 35.9. The average molecular weight is 614 g/mol. The highest BCUT2D eigenvalue weighted by Crippen LogP contribution is 2.16. The molecule has 0 atom stereocenters. The first-order valence-electron chi connectivity index (χ1n) is 19.3. The van der Waals surface area contributed by atoms with Gasteiger partial charge in [-0.05, 0) is 83.5 Å². The average Bonchev–Trinajstić information content (AvgIpc) is 3.03. The fraction of sp³-hybridized carbons (Fsp3) is 0.780. The summed E-state index contributed by atoms with van der Waals surface area (Å²) in [6.07, 6.45) is 52.0. The Hall–Kier alpha value is -1.77. The first kappa shape index (κ1) is 42.2. The predicted molar refractivity (Wildman–Crippen MR) is 197 cm³/mol. The van der Waals surface area contributed by atoms with Crippen LogP contribution in [0.15, 0.2) is 48.6 Å². The van der Waals surface area contributed by atoms with E-state index in [1.54, 1.807) is 0 Å². The van der Waals surface area contributed by atoms with Crippen molar-refractivity contribution in [1.29, 1.82) is 0 Å². The third kappa shape index (κ3) is 34.7. The molecular formula is C41H75NO2. The van der Waals surface area contributed by atoms with Crippen molar-refractivity contribution in [3.8, 4) is 0 Å². The maximum absolute atomic E-state index is 12.2. The molecule has 0 saturated carbocycles. The molecule has 0 unspecified atom stereocenters. The van der Waals surface area contributed by atoms with Crippen molar-refractivity contribution in [1.82, 2.24) is 5.32 Å². The number of nitrogens with one attached hydrogen (secondary N) is 1. The van der Waals surface area contributed by atoms with Gasteiger partial charge in [0.2, 0.25) is 0 Å². The molecule has 0 bridgehead atoms. The summed E-state index contributed by atoms with van der Waals surface area (Å²) in [5.74, 6) is 0. The van der Waals surface area contributed by atoms with Crippen LogP contribution in [-0.4, -0.2) is 18.7 Å². The van der Waals surface area contributed by atoms with Crippen molar-refractivity contribution in [3.05, 3.63) is 48.6 Å². The van der Waals surface area contributed by atoms with Gasteiger partial charge in [-0.3, -0.25) is 0 Å². The van der Waals surface area contributed by atoms with E-state index in [9.17, 15) is 4.79 Å². The minimum atomic E-state index is -0.225. The van der Waals surface area contributed by atoms with Gasteiger partial charge in [0.25, 0.3) is 0 Å². The summed E-state index contributed by atoms with van der Waals surface area (Å²) in [7, 11) is 0. The number of unbranched alkanes of at least 4 members (excludes halogenated alkanes) is 18. The van der Waals surface area contributed by atoms with Crippen LogP contribution in [0.25, 0.3) is 0 Å². The molecular weight excluding hydrogens is 538 g/mol. The quantitative estimate of drug-likeness (QED) is 0.0590. The van der Waals surface area contributed by atoms with Crippen LogP contribution in [0.2, 0.25) is 0 Å². The molecule has 256 valence electrons. The van der Waals surface area contributed by atoms with E-state index in [4.69, 9.17) is 4.74 Å². The second-order valence-corrected chi connectivity index (χ2v) is 12.7. The predicted octanol–water partition coefficient (Wildman–Crippen LogP) is 13.9. The molecule has 0 aromatic carbocycles. The van der Waals surface area contributed by atoms with Crippen molar-refractivity contribution < 1.29 is 9.53 Å². The lowest BCUT2D eigenvalue weighted by Crippen LogP contribution is -2.35. The zero-order valence-corrected chi connectivity index (χ0v) is 29.8. The molecule has 1 N–H and O–H groups in total. The Labute approximate surface area is 275 Å². The summed E-state index contributed by atoms with van der Waals surface area (Å²) in [5.41, 5.74) is 0. The molecule has 0 fully saturated rings. The van der Waals surface area contributed by atoms with Crippen molar-refractivity contribution in [2.24, 2.45) is 0 Å². The van der Waals surface area contributed by atoms with E-state index < -0.39 is 0 Å². The number of amides is 1. The van der Waals surface area contributed by atoms with Gasteiger partial charge < -0.3 is 10.1 Å². The first-order valence-corrected chi connectivity index (χ1v) is 19.3. The zero-order valence-electron chi connectivity index (χ0n) is 29.8. The standard InChI is InChI=1S/C41H75NO2/c1-4-7-9-11-13-15-17-19-21-23-25-27-29-31-33-35-37-40(42-41(43)44-39-6-3)38-36-34-32-30-28-26-24-22-20-18-16-14-12-10-8-5-2/h13-16,19-22,40H,4-12,17-18,23-39H2,1-3H3,(H,42,43)/b15-13-,16-14-,21-19-,22-20-. The monoisotopic (exact) mass is 614 g/mol. The van der Waals surface area contributed by atoms with Gasteiger partial charge in [-0.1, -0.05) is 159 Å². The van der Waals surface area contributed by atoms with E-state index in [0.717, 1.165) is 32.1 Å². The number of ether oxygens (including phenoxy) is 1. The van der Waals surface area contributed by atoms with Gasteiger partial charge in [0.1, 0.15) is 0 Å².